The summed E-state index contributed by atoms with van der Waals surface area (Å²) in [6.45, 7) is 44.5. The van der Waals surface area contributed by atoms with Gasteiger partial charge in [0.25, 0.3) is 12.2 Å². The Kier molecular flexibility index (Phi) is 40.4. The molecule has 9 aliphatic rings. The fraction of sp³-hybridized carbons (Fsp3) is 0.888. The second-order valence-electron chi connectivity index (χ2n) is 39.2. The summed E-state index contributed by atoms with van der Waals surface area (Å²) >= 11 is 0. The zero-order chi connectivity index (χ0) is 100. The third kappa shape index (κ3) is 31.2. The van der Waals surface area contributed by atoms with Crippen LogP contribution in [0.4, 0.5) is 65.9 Å². The van der Waals surface area contributed by atoms with Gasteiger partial charge in [0, 0.05) is 25.7 Å². The van der Waals surface area contributed by atoms with E-state index in [0.29, 0.717) is 44.1 Å². The number of rotatable bonds is 27. The third-order valence-corrected chi connectivity index (χ3v) is 26.4. The van der Waals surface area contributed by atoms with Crippen molar-refractivity contribution in [1.82, 2.24) is 0 Å². The highest BCUT2D eigenvalue weighted by atomic mass is 19.4. The SMILES string of the molecule is CCC(C)(C)C(=O)O.CCC(C)(C)C(=O)OC(C)(C)C1CCC(C)CC1.CCC(C)(C)C(=O)OC(C)C(F)(F)F.CCC(C)(C)C(=O)OC1C(=O)OC2C3OC4(CCC(C(=O)OC(C(F)(F)F)C(F)(F)F)CC4)OC3OC12.CCC(C)(C)C(=O)OC1C(=O)OC2C3OC4(CCC(C(=O)OC(C(F)(F)F)C(F)(F)F)CC4)OC3OC12.CCCCC(CC)COC(=O)C(C)(C)CC. The number of alkyl halides is 15. The lowest BCUT2D eigenvalue weighted by molar-refractivity contribution is -0.315. The number of ether oxygens (including phenoxy) is 15. The van der Waals surface area contributed by atoms with E-state index in [1.165, 1.54) is 44.9 Å². The number of carboxylic acid groups (broad SMARTS) is 1. The molecule has 9 fully saturated rings. The number of esters is 9. The van der Waals surface area contributed by atoms with E-state index in [1.54, 1.807) is 76.2 Å². The molecule has 754 valence electrons. The van der Waals surface area contributed by atoms with Crippen LogP contribution in [0.2, 0.25) is 0 Å². The van der Waals surface area contributed by atoms with Gasteiger partial charge >= 0.3 is 90.6 Å². The first-order chi connectivity index (χ1) is 59.2. The third-order valence-electron chi connectivity index (χ3n) is 26.4. The second kappa shape index (κ2) is 45.4. The van der Waals surface area contributed by atoms with E-state index < -0.39 is 203 Å². The zero-order valence-corrected chi connectivity index (χ0v) is 79.0. The van der Waals surface area contributed by atoms with Crippen molar-refractivity contribution >= 4 is 59.7 Å². The van der Waals surface area contributed by atoms with Crippen molar-refractivity contribution in [3.05, 3.63) is 0 Å². The number of carboxylic acids is 1. The average Bonchev–Trinajstić information content (AvgIpc) is 1.57. The summed E-state index contributed by atoms with van der Waals surface area (Å²) in [7, 11) is 0. The van der Waals surface area contributed by atoms with Crippen molar-refractivity contribution in [2.24, 2.45) is 62.1 Å². The summed E-state index contributed by atoms with van der Waals surface area (Å²) in [5.74, 6) is -11.0. The molecule has 26 nitrogen and oxygen atoms in total. The van der Waals surface area contributed by atoms with Gasteiger partial charge in [0.05, 0.1) is 50.9 Å². The average molecular weight is 1910 g/mol. The molecule has 6 saturated heterocycles. The van der Waals surface area contributed by atoms with Crippen LogP contribution in [-0.2, 0) is 119 Å². The van der Waals surface area contributed by atoms with Gasteiger partial charge in [-0.25, -0.2) is 9.59 Å². The number of fused-ring (bicyclic) bond motifs is 6. The van der Waals surface area contributed by atoms with E-state index in [4.69, 9.17) is 61.9 Å². The number of hydrogen-bond donors (Lipinski definition) is 1. The highest BCUT2D eigenvalue weighted by Gasteiger charge is 2.70. The van der Waals surface area contributed by atoms with Crippen molar-refractivity contribution < 1.29 is 190 Å². The van der Waals surface area contributed by atoms with Crippen molar-refractivity contribution in [2.75, 3.05) is 6.61 Å². The Morgan fingerprint density at radius 1 is 0.415 bits per heavy atom. The zero-order valence-electron chi connectivity index (χ0n) is 79.0. The predicted octanol–water partition coefficient (Wildman–Crippen LogP) is 19.8. The highest BCUT2D eigenvalue weighted by molar-refractivity contribution is 5.85. The molecule has 0 aromatic carbocycles. The lowest BCUT2D eigenvalue weighted by Crippen LogP contribution is -2.47. The normalized spacial score (nSPS) is 28.0. The molecule has 6 aliphatic heterocycles. The van der Waals surface area contributed by atoms with E-state index in [0.717, 1.165) is 32.1 Å². The van der Waals surface area contributed by atoms with Crippen LogP contribution in [-0.4, -0.2) is 199 Å². The Morgan fingerprint density at radius 2 is 0.746 bits per heavy atom. The number of halogens is 15. The molecule has 0 amide bonds. The van der Waals surface area contributed by atoms with E-state index in [-0.39, 0.29) is 79.7 Å². The number of unbranched alkanes of at least 4 members (excludes halogenated alkanes) is 1. The Balaban J connectivity index is 0.000000352. The van der Waals surface area contributed by atoms with E-state index in [1.807, 2.05) is 48.5 Å². The van der Waals surface area contributed by atoms with Gasteiger partial charge in [-0.1, -0.05) is 94.4 Å². The lowest BCUT2D eigenvalue weighted by Gasteiger charge is -2.39. The van der Waals surface area contributed by atoms with Crippen LogP contribution in [0.15, 0.2) is 0 Å². The van der Waals surface area contributed by atoms with E-state index >= 15 is 0 Å². The molecule has 0 aromatic rings. The van der Waals surface area contributed by atoms with Crippen molar-refractivity contribution in [3.8, 4) is 0 Å². The van der Waals surface area contributed by atoms with Crippen LogP contribution in [0.5, 0.6) is 0 Å². The van der Waals surface area contributed by atoms with Gasteiger partial charge in [0.1, 0.15) is 17.8 Å². The number of carbonyl (C=O) groups excluding carboxylic acids is 9. The summed E-state index contributed by atoms with van der Waals surface area (Å²) in [6.07, 6.45) is -36.1. The Labute approximate surface area is 750 Å². The first-order valence-electron chi connectivity index (χ1n) is 44.7. The molecular weight excluding hydrogens is 1770 g/mol. The number of carbonyl (C=O) groups is 10. The minimum Gasteiger partial charge on any atom is -0.481 e. The maximum Gasteiger partial charge on any atom is 0.434 e. The molecule has 2 spiro atoms. The first-order valence-corrected chi connectivity index (χ1v) is 44.7. The fourth-order valence-electron chi connectivity index (χ4n) is 14.0. The van der Waals surface area contributed by atoms with Crippen LogP contribution in [0.25, 0.3) is 0 Å². The van der Waals surface area contributed by atoms with Crippen LogP contribution in [0, 0.1) is 62.1 Å². The van der Waals surface area contributed by atoms with E-state index in [2.05, 4.69) is 48.8 Å². The molecular formula is C89H137F15O26. The first kappa shape index (κ1) is 116. The Bertz CT molecular complexity index is 3560. The smallest absolute Gasteiger partial charge is 0.434 e. The molecule has 1 N–H and O–H groups in total. The quantitative estimate of drug-likeness (QED) is 0.0453. The highest BCUT2D eigenvalue weighted by Crippen LogP contribution is 2.53. The molecule has 9 rings (SSSR count). The molecule has 0 aromatic heterocycles. The van der Waals surface area contributed by atoms with Crippen LogP contribution in [0.1, 0.15) is 307 Å². The van der Waals surface area contributed by atoms with Gasteiger partial charge in [0.15, 0.2) is 54.7 Å². The molecule has 3 aliphatic carbocycles. The monoisotopic (exact) mass is 1910 g/mol. The number of hydrogen-bond acceptors (Lipinski definition) is 25. The predicted molar refractivity (Wildman–Crippen MR) is 431 cm³/mol. The molecule has 12 unspecified atom stereocenters. The maximum absolute atomic E-state index is 12.7. The molecule has 3 saturated carbocycles. The minimum absolute atomic E-state index is 0.0476. The van der Waals surface area contributed by atoms with E-state index in [9.17, 15) is 114 Å². The van der Waals surface area contributed by atoms with Gasteiger partial charge < -0.3 is 76.2 Å². The van der Waals surface area contributed by atoms with Gasteiger partial charge in [0.2, 0.25) is 12.2 Å². The van der Waals surface area contributed by atoms with Gasteiger partial charge in [-0.2, -0.15) is 65.9 Å². The van der Waals surface area contributed by atoms with Crippen LogP contribution < -0.4 is 0 Å². The molecule has 0 radical (unpaired) electrons. The molecule has 130 heavy (non-hydrogen) atoms. The van der Waals surface area contributed by atoms with Crippen LogP contribution >= 0.6 is 0 Å². The lowest BCUT2D eigenvalue weighted by atomic mass is 9.75. The summed E-state index contributed by atoms with van der Waals surface area (Å²) in [5, 5.41) is 8.44. The molecule has 12 atom stereocenters. The molecule has 0 bridgehead atoms. The van der Waals surface area contributed by atoms with Gasteiger partial charge in [-0.15, -0.1) is 0 Å². The second-order valence-corrected chi connectivity index (χ2v) is 39.2. The topological polar surface area (TPSA) is 329 Å². The maximum atomic E-state index is 12.7. The summed E-state index contributed by atoms with van der Waals surface area (Å²) in [6, 6.07) is 0. The Morgan fingerprint density at radius 3 is 1.05 bits per heavy atom. The number of aliphatic carboxylic acids is 1. The van der Waals surface area contributed by atoms with Crippen molar-refractivity contribution in [3.63, 3.8) is 0 Å². The van der Waals surface area contributed by atoms with Crippen LogP contribution in [0.3, 0.4) is 0 Å². The fourth-order valence-corrected chi connectivity index (χ4v) is 14.0. The minimum atomic E-state index is -5.80. The Hall–Kier alpha value is -6.59. The van der Waals surface area contributed by atoms with Gasteiger partial charge in [-0.05, 0) is 205 Å². The molecule has 6 heterocycles. The summed E-state index contributed by atoms with van der Waals surface area (Å²) < 4.78 is 268. The van der Waals surface area contributed by atoms with Gasteiger partial charge in [-0.3, -0.25) is 38.4 Å². The summed E-state index contributed by atoms with van der Waals surface area (Å²) in [5.41, 5.74) is -4.10. The largest absolute Gasteiger partial charge is 0.481 e. The van der Waals surface area contributed by atoms with Crippen molar-refractivity contribution in [2.45, 2.75) is 435 Å². The standard InChI is InChI=1S/2C22H26F6O9.C16H30O2.C14H28O2.C9H15F3O2.C6H12O2/c2*1-4-19(2,3)18(31)34-12-10-11(32-15(12)30)13-16(33-10)37-20(36-13)7-5-9(6-8-20)14(29)35-17(21(23,24)25)22(26,27)28;1-7-15(3,4)14(17)18-16(5,6)13-10-8-12(2)9-11-13;1-6-9-10-12(7-2)11-16-13(15)14(4,5)8-3;1-5-8(3,4)7(13)14-6(2)9(10,11)12;1-4-6(2,3)5(7)8/h2*9-13,16-17H,4-8H2,1-3H3;12-13H,7-11H2,1-6H3;12H,6-11H2,1-5H3;6H,5H2,1-4H3;4H2,1-3H3,(H,7,8). The summed E-state index contributed by atoms with van der Waals surface area (Å²) in [4.78, 5) is 119. The van der Waals surface area contributed by atoms with Crippen molar-refractivity contribution in [1.29, 1.82) is 0 Å². The molecule has 41 heteroatoms.